The van der Waals surface area contributed by atoms with Gasteiger partial charge in [0.15, 0.2) is 8.32 Å². The maximum Gasteiger partial charge on any atom is 0.303 e. The molecule has 6 fully saturated rings. The zero-order chi connectivity index (χ0) is 31.6. The predicted octanol–water partition coefficient (Wildman–Crippen LogP) is 8.53. The van der Waals surface area contributed by atoms with Crippen LogP contribution in [0.2, 0.25) is 18.1 Å². The van der Waals surface area contributed by atoms with Crippen molar-refractivity contribution < 1.29 is 23.8 Å². The van der Waals surface area contributed by atoms with E-state index >= 15 is 0 Å². The average Bonchev–Trinajstić information content (AvgIpc) is 3.56. The first-order chi connectivity index (χ1) is 19.9. The molecule has 0 bridgehead atoms. The van der Waals surface area contributed by atoms with Crippen LogP contribution < -0.4 is 0 Å². The molecule has 6 aliphatic rings. The zero-order valence-electron chi connectivity index (χ0n) is 29.5. The van der Waals surface area contributed by atoms with E-state index in [1.54, 1.807) is 0 Å². The molecule has 1 saturated heterocycles. The summed E-state index contributed by atoms with van der Waals surface area (Å²) in [5.74, 6) is 1.93. The molecule has 0 aromatic heterocycles. The van der Waals surface area contributed by atoms with Gasteiger partial charge in [0.05, 0.1) is 24.4 Å². The molecule has 1 aliphatic heterocycles. The highest BCUT2D eigenvalue weighted by atomic mass is 28.4. The first-order valence-corrected chi connectivity index (χ1v) is 20.7. The number of esters is 1. The minimum Gasteiger partial charge on any atom is -0.457 e. The van der Waals surface area contributed by atoms with Gasteiger partial charge in [0, 0.05) is 12.3 Å². The first-order valence-electron chi connectivity index (χ1n) is 18.2. The van der Waals surface area contributed by atoms with Crippen LogP contribution in [0.1, 0.15) is 128 Å². The lowest BCUT2D eigenvalue weighted by Crippen LogP contribution is -2.61. The number of aliphatic hydroxyl groups is 1. The van der Waals surface area contributed by atoms with E-state index in [1.807, 2.05) is 13.8 Å². The van der Waals surface area contributed by atoms with Crippen LogP contribution in [0, 0.1) is 50.7 Å². The molecule has 0 aromatic rings. The Kier molecular flexibility index (Phi) is 7.59. The van der Waals surface area contributed by atoms with Crippen molar-refractivity contribution in [1.82, 2.24) is 0 Å². The fraction of sp³-hybridized carbons (Fsp3) is 0.973. The van der Waals surface area contributed by atoms with E-state index in [9.17, 15) is 9.90 Å². The fourth-order valence-corrected chi connectivity index (χ4v) is 16.5. The maximum atomic E-state index is 12.2. The van der Waals surface area contributed by atoms with E-state index in [1.165, 1.54) is 45.4 Å². The number of hydrogen-bond acceptors (Lipinski definition) is 5. The molecule has 0 amide bonds. The van der Waals surface area contributed by atoms with Crippen molar-refractivity contribution in [3.05, 3.63) is 0 Å². The average molecular weight is 617 g/mol. The van der Waals surface area contributed by atoms with Gasteiger partial charge < -0.3 is 19.0 Å². The Balaban J connectivity index is 1.45. The summed E-state index contributed by atoms with van der Waals surface area (Å²) in [4.78, 5) is 12.2. The Bertz CT molecular complexity index is 1110. The third-order valence-corrected chi connectivity index (χ3v) is 20.9. The van der Waals surface area contributed by atoms with Gasteiger partial charge in [-0.25, -0.2) is 0 Å². The molecule has 43 heavy (non-hydrogen) atoms. The molecule has 5 saturated carbocycles. The highest BCUT2D eigenvalue weighted by molar-refractivity contribution is 6.73. The van der Waals surface area contributed by atoms with E-state index < -0.39 is 13.9 Å². The molecule has 0 radical (unpaired) electrons. The second-order valence-electron chi connectivity index (χ2n) is 18.1. The molecule has 1 N–H and O–H groups in total. The van der Waals surface area contributed by atoms with E-state index in [2.05, 4.69) is 55.4 Å². The zero-order valence-corrected chi connectivity index (χ0v) is 30.5. The van der Waals surface area contributed by atoms with Crippen LogP contribution in [0.3, 0.4) is 0 Å². The first kappa shape index (κ1) is 32.5. The Labute approximate surface area is 264 Å². The Morgan fingerprint density at radius 2 is 1.56 bits per heavy atom. The van der Waals surface area contributed by atoms with E-state index in [0.717, 1.165) is 31.0 Å². The second kappa shape index (κ2) is 10.0. The van der Waals surface area contributed by atoms with Crippen LogP contribution in [-0.2, 0) is 18.7 Å². The van der Waals surface area contributed by atoms with E-state index in [4.69, 9.17) is 13.9 Å². The van der Waals surface area contributed by atoms with Crippen molar-refractivity contribution in [1.29, 1.82) is 0 Å². The Morgan fingerprint density at radius 3 is 2.16 bits per heavy atom. The summed E-state index contributed by atoms with van der Waals surface area (Å²) in [6.45, 7) is 25.2. The molecule has 6 heteroatoms. The maximum absolute atomic E-state index is 12.2. The summed E-state index contributed by atoms with van der Waals surface area (Å²) in [6.07, 6.45) is 9.31. The molecular weight excluding hydrogens is 552 g/mol. The second-order valence-corrected chi connectivity index (χ2v) is 22.8. The van der Waals surface area contributed by atoms with Crippen LogP contribution in [0.5, 0.6) is 0 Å². The minimum absolute atomic E-state index is 0.00419. The van der Waals surface area contributed by atoms with Gasteiger partial charge in [-0.05, 0) is 129 Å². The van der Waals surface area contributed by atoms with Crippen molar-refractivity contribution in [3.63, 3.8) is 0 Å². The van der Waals surface area contributed by atoms with E-state index in [-0.39, 0.29) is 46.6 Å². The van der Waals surface area contributed by atoms with Crippen molar-refractivity contribution >= 4 is 14.3 Å². The topological polar surface area (TPSA) is 65.0 Å². The van der Waals surface area contributed by atoms with Gasteiger partial charge in [-0.15, -0.1) is 0 Å². The fourth-order valence-electron chi connectivity index (χ4n) is 13.6. The van der Waals surface area contributed by atoms with E-state index in [0.29, 0.717) is 34.5 Å². The van der Waals surface area contributed by atoms with Crippen molar-refractivity contribution in [2.75, 3.05) is 0 Å². The van der Waals surface area contributed by atoms with Gasteiger partial charge in [0.25, 0.3) is 0 Å². The van der Waals surface area contributed by atoms with Crippen LogP contribution in [0.4, 0.5) is 0 Å². The lowest BCUT2D eigenvalue weighted by atomic mass is 9.41. The number of carbonyl (C=O) groups is 1. The normalized spacial score (nSPS) is 50.0. The van der Waals surface area contributed by atoms with Gasteiger partial charge >= 0.3 is 5.97 Å². The van der Waals surface area contributed by atoms with Crippen molar-refractivity contribution in [2.24, 2.45) is 50.7 Å². The SMILES string of the molecule is CC[Si](CC)(CC)O[C@H]1[C@H]2O[C@@H](C(C)(C)OC(C)=O)C[C@@H](C)[C@@H]2[C@@]2(C)CC[C@@]34C[C@@]35CCC(O)C(C)(C)[C@@H]5CC[C@H]4[C@]12C. The molecule has 1 heterocycles. The molecule has 12 atom stereocenters. The Morgan fingerprint density at radius 1 is 0.953 bits per heavy atom. The lowest BCUT2D eigenvalue weighted by molar-refractivity contribution is -0.209. The third-order valence-electron chi connectivity index (χ3n) is 16.2. The number of ether oxygens (including phenoxy) is 2. The molecule has 6 rings (SSSR count). The summed E-state index contributed by atoms with van der Waals surface area (Å²) in [5, 5.41) is 11.1. The number of fused-ring (bicyclic) bond motifs is 4. The predicted molar refractivity (Wildman–Crippen MR) is 174 cm³/mol. The standard InChI is InChI=1S/C37H64O5Si/c1-12-43(13-2,14-3)42-31-30-29(23(4)21-28(40-30)33(8,9)41-24(5)38)34(10)19-20-37-22-36(37)18-17-27(39)32(6,7)25(36)15-16-26(37)35(31,34)11/h23,25-31,39H,12-22H2,1-11H3/t23-,25+,26+,27?,28-,29+,30+,31+,34-,35-,36-,37+/m1/s1. The van der Waals surface area contributed by atoms with Crippen molar-refractivity contribution in [3.8, 4) is 0 Å². The van der Waals surface area contributed by atoms with Gasteiger partial charge in [0.2, 0.25) is 0 Å². The molecule has 0 aromatic carbocycles. The molecule has 1 unspecified atom stereocenters. The van der Waals surface area contributed by atoms with Crippen LogP contribution >= 0.6 is 0 Å². The number of rotatable bonds is 7. The summed E-state index contributed by atoms with van der Waals surface area (Å²) < 4.78 is 21.1. The smallest absolute Gasteiger partial charge is 0.303 e. The largest absolute Gasteiger partial charge is 0.457 e. The van der Waals surface area contributed by atoms with Crippen LogP contribution in [-0.4, -0.2) is 49.4 Å². The highest BCUT2D eigenvalue weighted by Gasteiger charge is 2.85. The number of hydrogen-bond donors (Lipinski definition) is 1. The molecule has 5 aliphatic carbocycles. The highest BCUT2D eigenvalue weighted by Crippen LogP contribution is 2.89. The van der Waals surface area contributed by atoms with Crippen LogP contribution in [0.25, 0.3) is 0 Å². The van der Waals surface area contributed by atoms with Crippen molar-refractivity contribution in [2.45, 2.75) is 176 Å². The molecule has 5 nitrogen and oxygen atoms in total. The van der Waals surface area contributed by atoms with Gasteiger partial charge in [-0.2, -0.15) is 0 Å². The Hall–Kier alpha value is -0.433. The van der Waals surface area contributed by atoms with Crippen LogP contribution in [0.15, 0.2) is 0 Å². The number of aliphatic hydroxyl groups excluding tert-OH is 1. The summed E-state index contributed by atoms with van der Waals surface area (Å²) in [5.41, 5.74) is 0.267. The molecular formula is C37H64O5Si. The summed E-state index contributed by atoms with van der Waals surface area (Å²) in [6, 6.07) is 3.44. The van der Waals surface area contributed by atoms with Gasteiger partial charge in [-0.1, -0.05) is 55.4 Å². The lowest BCUT2D eigenvalue weighted by Gasteiger charge is -2.64. The summed E-state index contributed by atoms with van der Waals surface area (Å²) in [7, 11) is -1.97. The van der Waals surface area contributed by atoms with Gasteiger partial charge in [-0.3, -0.25) is 4.79 Å². The third kappa shape index (κ3) is 4.06. The number of carbonyl (C=O) groups excluding carboxylic acids is 1. The monoisotopic (exact) mass is 616 g/mol. The van der Waals surface area contributed by atoms with Gasteiger partial charge in [0.1, 0.15) is 5.60 Å². The molecule has 2 spiro atoms. The summed E-state index contributed by atoms with van der Waals surface area (Å²) >= 11 is 0. The minimum atomic E-state index is -1.97. The quantitative estimate of drug-likeness (QED) is 0.229. The molecule has 246 valence electrons.